The Morgan fingerprint density at radius 1 is 1.18 bits per heavy atom. The van der Waals surface area contributed by atoms with Crippen molar-refractivity contribution in [3.8, 4) is 22.1 Å². The summed E-state index contributed by atoms with van der Waals surface area (Å²) in [7, 11) is 0. The molecule has 0 aliphatic heterocycles. The number of halogens is 2. The number of carbonyl (C=O) groups excluding carboxylic acids is 1. The minimum Gasteiger partial charge on any atom is -0.507 e. The lowest BCUT2D eigenvalue weighted by Crippen LogP contribution is -2.42. The molecule has 1 amide bonds. The highest BCUT2D eigenvalue weighted by atomic mass is 35.5. The molecule has 1 atom stereocenters. The van der Waals surface area contributed by atoms with Crippen LogP contribution in [0.4, 0.5) is 5.69 Å². The Hall–Kier alpha value is -2.91. The van der Waals surface area contributed by atoms with Gasteiger partial charge < -0.3 is 15.2 Å². The first kappa shape index (κ1) is 24.2. The molecule has 1 aromatic heterocycles. The number of nitrogens with one attached hydrogen (secondary N) is 2. The first-order valence-electron chi connectivity index (χ1n) is 10.1. The van der Waals surface area contributed by atoms with E-state index in [1.807, 2.05) is 24.3 Å². The fourth-order valence-corrected chi connectivity index (χ4v) is 4.85. The molecule has 6 nitrogen and oxygen atoms in total. The third kappa shape index (κ3) is 5.42. The Bertz CT molecular complexity index is 1370. The Kier molecular flexibility index (Phi) is 7.23. The van der Waals surface area contributed by atoms with Crippen LogP contribution in [-0.2, 0) is 4.79 Å². The van der Waals surface area contributed by atoms with E-state index in [2.05, 4.69) is 15.6 Å². The molecule has 34 heavy (non-hydrogen) atoms. The van der Waals surface area contributed by atoms with Crippen molar-refractivity contribution in [1.82, 2.24) is 10.3 Å². The molecule has 0 aliphatic rings. The van der Waals surface area contributed by atoms with E-state index in [9.17, 15) is 9.90 Å². The summed E-state index contributed by atoms with van der Waals surface area (Å²) in [5, 5.41) is 17.8. The maximum atomic E-state index is 12.6. The van der Waals surface area contributed by atoms with Crippen LogP contribution in [-0.4, -0.2) is 27.2 Å². The summed E-state index contributed by atoms with van der Waals surface area (Å²) in [4.78, 5) is 17.2. The van der Waals surface area contributed by atoms with Gasteiger partial charge in [0.2, 0.25) is 0 Å². The van der Waals surface area contributed by atoms with Crippen molar-refractivity contribution in [2.24, 2.45) is 0 Å². The number of thiazole rings is 1. The summed E-state index contributed by atoms with van der Waals surface area (Å²) < 4.78 is 6.64. The fourth-order valence-electron chi connectivity index (χ4n) is 3.19. The molecular weight excluding hydrogens is 513 g/mol. The lowest BCUT2D eigenvalue weighted by Gasteiger charge is -2.17. The number of aryl methyl sites for hydroxylation is 1. The lowest BCUT2D eigenvalue weighted by molar-refractivity contribution is -0.125. The lowest BCUT2D eigenvalue weighted by atomic mass is 10.1. The van der Waals surface area contributed by atoms with Gasteiger partial charge in [0.05, 0.1) is 20.8 Å². The summed E-state index contributed by atoms with van der Waals surface area (Å²) in [5.41, 5.74) is 2.68. The average molecular weight is 532 g/mol. The minimum absolute atomic E-state index is 0.0861. The number of para-hydroxylation sites is 1. The van der Waals surface area contributed by atoms with Crippen LogP contribution in [0.2, 0.25) is 10.0 Å². The van der Waals surface area contributed by atoms with Crippen LogP contribution in [0.3, 0.4) is 0 Å². The van der Waals surface area contributed by atoms with Crippen LogP contribution in [0.15, 0.2) is 54.6 Å². The smallest absolute Gasteiger partial charge is 0.266 e. The van der Waals surface area contributed by atoms with Crippen molar-refractivity contribution in [1.29, 1.82) is 0 Å². The van der Waals surface area contributed by atoms with Gasteiger partial charge in [0.1, 0.15) is 16.5 Å². The number of amides is 1. The van der Waals surface area contributed by atoms with Crippen molar-refractivity contribution < 1.29 is 14.6 Å². The van der Waals surface area contributed by atoms with Crippen molar-refractivity contribution in [3.05, 3.63) is 70.2 Å². The number of hydrogen-bond donors (Lipinski definition) is 3. The Morgan fingerprint density at radius 2 is 1.94 bits per heavy atom. The summed E-state index contributed by atoms with van der Waals surface area (Å²) in [6.45, 7) is 3.36. The van der Waals surface area contributed by atoms with E-state index in [0.29, 0.717) is 37.6 Å². The van der Waals surface area contributed by atoms with Gasteiger partial charge in [-0.15, -0.1) is 11.3 Å². The van der Waals surface area contributed by atoms with Gasteiger partial charge in [-0.1, -0.05) is 35.3 Å². The zero-order valence-corrected chi connectivity index (χ0v) is 21.2. The molecule has 10 heteroatoms. The van der Waals surface area contributed by atoms with E-state index in [1.54, 1.807) is 38.1 Å². The number of aromatic hydroxyl groups is 1. The van der Waals surface area contributed by atoms with E-state index in [0.717, 1.165) is 10.2 Å². The Morgan fingerprint density at radius 3 is 2.68 bits per heavy atom. The van der Waals surface area contributed by atoms with Crippen molar-refractivity contribution >= 4 is 73.7 Å². The molecule has 174 valence electrons. The van der Waals surface area contributed by atoms with Crippen LogP contribution < -0.4 is 15.4 Å². The zero-order chi connectivity index (χ0) is 24.4. The van der Waals surface area contributed by atoms with E-state index in [-0.39, 0.29) is 10.9 Å². The predicted octanol–water partition coefficient (Wildman–Crippen LogP) is 6.56. The summed E-state index contributed by atoms with van der Waals surface area (Å²) >= 11 is 18.8. The predicted molar refractivity (Wildman–Crippen MR) is 142 cm³/mol. The topological polar surface area (TPSA) is 83.5 Å². The number of aromatic nitrogens is 1. The fraction of sp³-hybridized carbons (Fsp3) is 0.125. The minimum atomic E-state index is -0.863. The number of carbonyl (C=O) groups is 1. The highest BCUT2D eigenvalue weighted by molar-refractivity contribution is 7.80. The first-order chi connectivity index (χ1) is 16.2. The Labute approximate surface area is 215 Å². The molecule has 4 aromatic rings. The molecule has 0 fully saturated rings. The van der Waals surface area contributed by atoms with Crippen LogP contribution in [0.5, 0.6) is 11.5 Å². The van der Waals surface area contributed by atoms with Crippen LogP contribution in [0, 0.1) is 6.92 Å². The second-order valence-corrected chi connectivity index (χ2v) is 9.74. The van der Waals surface area contributed by atoms with E-state index < -0.39 is 12.0 Å². The van der Waals surface area contributed by atoms with Crippen LogP contribution in [0.25, 0.3) is 20.8 Å². The van der Waals surface area contributed by atoms with E-state index in [4.69, 9.17) is 40.2 Å². The number of fused-ring (bicyclic) bond motifs is 1. The second kappa shape index (κ2) is 10.1. The molecule has 0 saturated carbocycles. The quantitative estimate of drug-likeness (QED) is 0.199. The highest BCUT2D eigenvalue weighted by Crippen LogP contribution is 2.38. The SMILES string of the molecule is Cc1cc(NC(=S)NC(=O)C(C)Oc2ccc(Cl)cc2Cl)cc(-c2nc3ccccc3s2)c1O. The van der Waals surface area contributed by atoms with Gasteiger partial charge in [0, 0.05) is 10.7 Å². The molecule has 3 aromatic carbocycles. The molecule has 0 bridgehead atoms. The second-order valence-electron chi connectivity index (χ2n) is 7.45. The zero-order valence-electron chi connectivity index (χ0n) is 18.1. The van der Waals surface area contributed by atoms with Crippen LogP contribution >= 0.6 is 46.8 Å². The van der Waals surface area contributed by atoms with E-state index in [1.165, 1.54) is 17.4 Å². The number of benzene rings is 3. The van der Waals surface area contributed by atoms with Crippen LogP contribution in [0.1, 0.15) is 12.5 Å². The van der Waals surface area contributed by atoms with Crippen molar-refractivity contribution in [2.45, 2.75) is 20.0 Å². The molecule has 0 radical (unpaired) electrons. The third-order valence-corrected chi connectivity index (χ3v) is 6.69. The normalized spacial score (nSPS) is 11.8. The molecule has 0 saturated heterocycles. The summed E-state index contributed by atoms with van der Waals surface area (Å²) in [6.07, 6.45) is -0.863. The number of hydrogen-bond acceptors (Lipinski definition) is 6. The Balaban J connectivity index is 1.46. The number of rotatable bonds is 5. The van der Waals surface area contributed by atoms with Gasteiger partial charge in [-0.05, 0) is 74.1 Å². The highest BCUT2D eigenvalue weighted by Gasteiger charge is 2.19. The summed E-state index contributed by atoms with van der Waals surface area (Å²) in [6, 6.07) is 16.0. The number of thiocarbonyl (C=S) groups is 1. The van der Waals surface area contributed by atoms with Gasteiger partial charge in [-0.25, -0.2) is 4.98 Å². The third-order valence-electron chi connectivity index (χ3n) is 4.89. The van der Waals surface area contributed by atoms with Gasteiger partial charge >= 0.3 is 0 Å². The number of phenols is 1. The maximum absolute atomic E-state index is 12.6. The van der Waals surface area contributed by atoms with E-state index >= 15 is 0 Å². The number of ether oxygens (including phenoxy) is 1. The maximum Gasteiger partial charge on any atom is 0.266 e. The molecular formula is C24H19Cl2N3O3S2. The van der Waals surface area contributed by atoms with Crippen molar-refractivity contribution in [2.75, 3.05) is 5.32 Å². The van der Waals surface area contributed by atoms with Crippen molar-refractivity contribution in [3.63, 3.8) is 0 Å². The monoisotopic (exact) mass is 531 g/mol. The molecule has 3 N–H and O–H groups in total. The van der Waals surface area contributed by atoms with Gasteiger partial charge in [-0.3, -0.25) is 10.1 Å². The average Bonchev–Trinajstić information content (AvgIpc) is 3.22. The first-order valence-corrected chi connectivity index (χ1v) is 12.1. The standard InChI is InChI=1S/C24H19Cl2N3O3S2/c1-12-9-15(11-16(21(12)30)23-28-18-5-3-4-6-20(18)34-23)27-24(33)29-22(31)13(2)32-19-8-7-14(25)10-17(19)26/h3-11,13,30H,1-2H3,(H2,27,29,31,33). The molecule has 0 aliphatic carbocycles. The number of anilines is 1. The number of nitrogens with zero attached hydrogens (tertiary/aromatic N) is 1. The summed E-state index contributed by atoms with van der Waals surface area (Å²) in [5.74, 6) is 0.0223. The molecule has 0 spiro atoms. The molecule has 4 rings (SSSR count). The van der Waals surface area contributed by atoms with Gasteiger partial charge in [-0.2, -0.15) is 0 Å². The molecule has 1 heterocycles. The number of phenolic OH excluding ortho intramolecular Hbond substituents is 1. The van der Waals surface area contributed by atoms with Gasteiger partial charge in [0.25, 0.3) is 5.91 Å². The largest absolute Gasteiger partial charge is 0.507 e. The molecule has 1 unspecified atom stereocenters. The van der Waals surface area contributed by atoms with Gasteiger partial charge in [0.15, 0.2) is 11.2 Å².